The molecule has 1 aliphatic carbocycles. The van der Waals surface area contributed by atoms with Crippen molar-refractivity contribution in [1.82, 2.24) is 0 Å². The van der Waals surface area contributed by atoms with Gasteiger partial charge in [-0.1, -0.05) is 134 Å². The number of esters is 2. The van der Waals surface area contributed by atoms with Crippen LogP contribution in [0.15, 0.2) is 24.3 Å². The highest BCUT2D eigenvalue weighted by Crippen LogP contribution is 2.38. The zero-order valence-corrected chi connectivity index (χ0v) is 37.1. The number of nitrogens with zero attached hydrogens (tertiary/aromatic N) is 1. The topological polar surface area (TPSA) is 169 Å². The fraction of sp³-hybridized carbons (Fsp3) is 0.841. The Hall–Kier alpha value is -1.92. The largest absolute Gasteiger partial charge is 0.756 e. The molecule has 0 bridgehead atoms. The molecule has 0 aliphatic heterocycles. The number of phosphoric acid groups is 1. The zero-order chi connectivity index (χ0) is 42.4. The molecule has 0 amide bonds. The first-order valence-corrected chi connectivity index (χ1v) is 23.6. The first kappa shape index (κ1) is 53.1. The third kappa shape index (κ3) is 29.0. The minimum absolute atomic E-state index is 0.0277. The molecule has 0 saturated heterocycles. The molecule has 0 aromatic carbocycles. The zero-order valence-electron chi connectivity index (χ0n) is 36.3. The van der Waals surface area contributed by atoms with Crippen molar-refractivity contribution in [2.24, 2.45) is 11.8 Å². The molecule has 2 N–H and O–H groups in total. The van der Waals surface area contributed by atoms with E-state index in [1.807, 2.05) is 33.3 Å². The molecule has 1 unspecified atom stereocenters. The molecule has 0 spiro atoms. The summed E-state index contributed by atoms with van der Waals surface area (Å²) in [4.78, 5) is 50.2. The van der Waals surface area contributed by atoms with Crippen LogP contribution in [0.2, 0.25) is 0 Å². The van der Waals surface area contributed by atoms with E-state index in [1.165, 1.54) is 57.8 Å². The summed E-state index contributed by atoms with van der Waals surface area (Å²) in [7, 11) is 1.02. The number of unbranched alkanes of at least 4 members (excludes halogenated alkanes) is 15. The van der Waals surface area contributed by atoms with Gasteiger partial charge in [-0.2, -0.15) is 0 Å². The Kier molecular flexibility index (Phi) is 29.7. The predicted molar refractivity (Wildman–Crippen MR) is 223 cm³/mol. The van der Waals surface area contributed by atoms with E-state index in [0.717, 1.165) is 38.5 Å². The van der Waals surface area contributed by atoms with Crippen LogP contribution in [0.4, 0.5) is 0 Å². The molecular formula is C44H80NO11P. The molecule has 332 valence electrons. The number of ether oxygens (including phenoxy) is 2. The minimum Gasteiger partial charge on any atom is -0.756 e. The van der Waals surface area contributed by atoms with Gasteiger partial charge in [-0.05, 0) is 32.1 Å². The third-order valence-corrected chi connectivity index (χ3v) is 11.3. The quantitative estimate of drug-likeness (QED) is 0.0205. The van der Waals surface area contributed by atoms with Crippen molar-refractivity contribution in [3.05, 3.63) is 24.3 Å². The van der Waals surface area contributed by atoms with Gasteiger partial charge in [-0.3, -0.25) is 18.9 Å². The van der Waals surface area contributed by atoms with Gasteiger partial charge in [0.15, 0.2) is 6.10 Å². The van der Waals surface area contributed by atoms with E-state index in [4.69, 9.17) is 18.5 Å². The maximum Gasteiger partial charge on any atom is 0.306 e. The Bertz CT molecular complexity index is 1190. The average molecular weight is 830 g/mol. The molecule has 57 heavy (non-hydrogen) atoms. The molecule has 0 heterocycles. The smallest absolute Gasteiger partial charge is 0.306 e. The van der Waals surface area contributed by atoms with Crippen LogP contribution in [0.5, 0.6) is 0 Å². The normalized spacial score (nSPS) is 19.6. The summed E-state index contributed by atoms with van der Waals surface area (Å²) < 4.78 is 33.8. The van der Waals surface area contributed by atoms with E-state index < -0.39 is 50.6 Å². The lowest BCUT2D eigenvalue weighted by molar-refractivity contribution is -0.870. The van der Waals surface area contributed by atoms with Crippen LogP contribution >= 0.6 is 7.82 Å². The SMILES string of the molecule is CCCCCCCCCCCCCCCC(=O)O[C@H](COC(=O)CCC/C=C\C[C@H]1[C@@H](O)CC(=O)[C@@H]1/C=C/[C@@H](O)CCCCC)COP(=O)([O-])OCC[N+](C)(C)C. The predicted octanol–water partition coefficient (Wildman–Crippen LogP) is 8.31. The van der Waals surface area contributed by atoms with Gasteiger partial charge in [-0.25, -0.2) is 0 Å². The van der Waals surface area contributed by atoms with E-state index in [0.29, 0.717) is 43.1 Å². The van der Waals surface area contributed by atoms with E-state index in [-0.39, 0.29) is 44.2 Å². The lowest BCUT2D eigenvalue weighted by atomic mass is 9.90. The summed E-state index contributed by atoms with van der Waals surface area (Å²) in [6.45, 7) is 3.81. The maximum absolute atomic E-state index is 12.7. The monoisotopic (exact) mass is 830 g/mol. The van der Waals surface area contributed by atoms with Crippen molar-refractivity contribution in [3.8, 4) is 0 Å². The number of hydrogen-bond donors (Lipinski definition) is 2. The van der Waals surface area contributed by atoms with E-state index in [9.17, 15) is 34.1 Å². The second kappa shape index (κ2) is 31.9. The summed E-state index contributed by atoms with van der Waals surface area (Å²) in [5, 5.41) is 20.7. The van der Waals surface area contributed by atoms with E-state index in [1.54, 1.807) is 12.2 Å². The number of likely N-dealkylation sites (N-methyl/N-ethyl adjacent to an activating group) is 1. The lowest BCUT2D eigenvalue weighted by Crippen LogP contribution is -2.37. The fourth-order valence-electron chi connectivity index (χ4n) is 6.75. The molecule has 1 fully saturated rings. The summed E-state index contributed by atoms with van der Waals surface area (Å²) in [5.41, 5.74) is 0. The molecule has 1 saturated carbocycles. The Morgan fingerprint density at radius 3 is 2.02 bits per heavy atom. The van der Waals surface area contributed by atoms with Crippen LogP contribution in [-0.4, -0.2) is 98.2 Å². The first-order chi connectivity index (χ1) is 27.2. The number of ketones is 1. The van der Waals surface area contributed by atoms with Crippen molar-refractivity contribution in [2.75, 3.05) is 47.5 Å². The first-order valence-electron chi connectivity index (χ1n) is 22.1. The van der Waals surface area contributed by atoms with Crippen LogP contribution in [-0.2, 0) is 37.5 Å². The van der Waals surface area contributed by atoms with Crippen molar-refractivity contribution in [2.45, 2.75) is 180 Å². The Balaban J connectivity index is 2.51. The van der Waals surface area contributed by atoms with E-state index in [2.05, 4.69) is 13.8 Å². The number of carbonyl (C=O) groups excluding carboxylic acids is 3. The average Bonchev–Trinajstić information content (AvgIpc) is 3.41. The van der Waals surface area contributed by atoms with Gasteiger partial charge in [0.1, 0.15) is 25.5 Å². The van der Waals surface area contributed by atoms with Crippen molar-refractivity contribution in [1.29, 1.82) is 0 Å². The van der Waals surface area contributed by atoms with Gasteiger partial charge in [0.25, 0.3) is 7.82 Å². The number of allylic oxidation sites excluding steroid dienone is 3. The number of aliphatic hydroxyl groups is 2. The minimum atomic E-state index is -4.69. The van der Waals surface area contributed by atoms with Crippen LogP contribution < -0.4 is 4.89 Å². The maximum atomic E-state index is 12.7. The third-order valence-electron chi connectivity index (χ3n) is 10.4. The Labute approximate surface area is 345 Å². The summed E-state index contributed by atoms with van der Waals surface area (Å²) in [6, 6.07) is 0. The van der Waals surface area contributed by atoms with Gasteiger partial charge in [0.2, 0.25) is 0 Å². The number of hydrogen-bond acceptors (Lipinski definition) is 11. The highest BCUT2D eigenvalue weighted by atomic mass is 31.2. The molecule has 12 nitrogen and oxygen atoms in total. The van der Waals surface area contributed by atoms with Gasteiger partial charge in [0.05, 0.1) is 40.0 Å². The number of Topliss-reactive ketones (excluding diaryl/α,β-unsaturated/α-hetero) is 1. The van der Waals surface area contributed by atoms with Crippen molar-refractivity contribution in [3.63, 3.8) is 0 Å². The van der Waals surface area contributed by atoms with Gasteiger partial charge in [0, 0.05) is 31.1 Å². The van der Waals surface area contributed by atoms with E-state index >= 15 is 0 Å². The summed E-state index contributed by atoms with van der Waals surface area (Å²) >= 11 is 0. The molecule has 6 atom stereocenters. The molecule has 0 radical (unpaired) electrons. The molecular weight excluding hydrogens is 749 g/mol. The molecule has 0 aromatic heterocycles. The lowest BCUT2D eigenvalue weighted by Gasteiger charge is -2.28. The highest BCUT2D eigenvalue weighted by Gasteiger charge is 2.39. The number of quaternary nitrogens is 1. The van der Waals surface area contributed by atoms with Crippen LogP contribution in [0, 0.1) is 11.8 Å². The van der Waals surface area contributed by atoms with Gasteiger partial charge < -0.3 is 38.1 Å². The van der Waals surface area contributed by atoms with Crippen molar-refractivity contribution < 1.29 is 57.1 Å². The number of carbonyl (C=O) groups is 3. The van der Waals surface area contributed by atoms with Crippen LogP contribution in [0.3, 0.4) is 0 Å². The Morgan fingerprint density at radius 2 is 1.40 bits per heavy atom. The molecule has 13 heteroatoms. The standard InChI is InChI=1S/C44H80NO11P/c1-6-8-10-11-12-13-14-15-16-17-18-19-25-29-44(50)56-38(36-55-57(51,52)54-33-32-45(3,4)5)35-53-43(49)28-24-21-20-23-27-39-40(42(48)34-41(39)47)31-30-37(46)26-22-9-7-2/h20,23,30-31,37-41,46-47H,6-19,21-22,24-29,32-36H2,1-5H3/b23-20-,31-30+/t37-,38+,39+,40+,41-/m0/s1. The second-order valence-corrected chi connectivity index (χ2v) is 18.3. The fourth-order valence-corrected chi connectivity index (χ4v) is 7.48. The van der Waals surface area contributed by atoms with Crippen LogP contribution in [0.1, 0.15) is 162 Å². The number of aliphatic hydroxyl groups excluding tert-OH is 2. The van der Waals surface area contributed by atoms with Gasteiger partial charge in [-0.15, -0.1) is 0 Å². The molecule has 0 aromatic rings. The Morgan fingerprint density at radius 1 is 0.825 bits per heavy atom. The summed E-state index contributed by atoms with van der Waals surface area (Å²) in [5.74, 6) is -1.76. The summed E-state index contributed by atoms with van der Waals surface area (Å²) in [6.07, 6.45) is 25.7. The van der Waals surface area contributed by atoms with Crippen molar-refractivity contribution >= 4 is 25.5 Å². The molecule has 1 rings (SSSR count). The number of rotatable bonds is 36. The number of phosphoric ester groups is 1. The van der Waals surface area contributed by atoms with Gasteiger partial charge >= 0.3 is 11.9 Å². The van der Waals surface area contributed by atoms with Crippen LogP contribution in [0.25, 0.3) is 0 Å². The molecule has 1 aliphatic rings. The highest BCUT2D eigenvalue weighted by molar-refractivity contribution is 7.45. The second-order valence-electron chi connectivity index (χ2n) is 16.9.